The summed E-state index contributed by atoms with van der Waals surface area (Å²) in [5.74, 6) is 1.20. The number of nitrogens with two attached hydrogens (primary N) is 1. The Hall–Kier alpha value is -3.07. The monoisotopic (exact) mass is 279 g/mol. The number of fused-ring (bicyclic) bond motifs is 1. The standard InChI is InChI=1S/C15H13N5O/c1-9-3-10(6-16)18-7-14(9)21-11-4-12(17)15-13(5-11)20(2)8-19-15/h3-5,7-8H,17H2,1-2H3. The van der Waals surface area contributed by atoms with Crippen LogP contribution in [0.1, 0.15) is 11.3 Å². The molecule has 0 radical (unpaired) electrons. The van der Waals surface area contributed by atoms with Gasteiger partial charge in [-0.2, -0.15) is 5.26 Å². The van der Waals surface area contributed by atoms with Crippen LogP contribution in [0.15, 0.2) is 30.7 Å². The first-order chi connectivity index (χ1) is 10.1. The molecule has 2 N–H and O–H groups in total. The SMILES string of the molecule is Cc1cc(C#N)ncc1Oc1cc(N)c2ncn(C)c2c1. The van der Waals surface area contributed by atoms with Crippen LogP contribution in [0.3, 0.4) is 0 Å². The minimum atomic E-state index is 0.362. The van der Waals surface area contributed by atoms with Gasteiger partial charge in [-0.05, 0) is 18.6 Å². The van der Waals surface area contributed by atoms with Gasteiger partial charge >= 0.3 is 0 Å². The molecule has 21 heavy (non-hydrogen) atoms. The van der Waals surface area contributed by atoms with Gasteiger partial charge in [-0.25, -0.2) is 9.97 Å². The first-order valence-corrected chi connectivity index (χ1v) is 6.33. The van der Waals surface area contributed by atoms with Crippen molar-refractivity contribution >= 4 is 16.7 Å². The average Bonchev–Trinajstić information content (AvgIpc) is 2.83. The number of nitrogen functional groups attached to an aromatic ring is 1. The zero-order chi connectivity index (χ0) is 15.0. The van der Waals surface area contributed by atoms with Crippen LogP contribution in [0.5, 0.6) is 11.5 Å². The Morgan fingerprint density at radius 1 is 1.29 bits per heavy atom. The van der Waals surface area contributed by atoms with Gasteiger partial charge in [0, 0.05) is 19.2 Å². The predicted octanol–water partition coefficient (Wildman–Crippen LogP) is 2.52. The second kappa shape index (κ2) is 4.80. The van der Waals surface area contributed by atoms with E-state index < -0.39 is 0 Å². The number of aromatic nitrogens is 3. The summed E-state index contributed by atoms with van der Waals surface area (Å²) in [6.45, 7) is 1.86. The maximum atomic E-state index is 8.82. The molecule has 104 valence electrons. The molecule has 0 amide bonds. The highest BCUT2D eigenvalue weighted by molar-refractivity contribution is 5.88. The van der Waals surface area contributed by atoms with Gasteiger partial charge in [-0.3, -0.25) is 0 Å². The third-order valence-corrected chi connectivity index (χ3v) is 3.24. The molecule has 0 spiro atoms. The van der Waals surface area contributed by atoms with Crippen LogP contribution in [-0.2, 0) is 7.05 Å². The van der Waals surface area contributed by atoms with Crippen LogP contribution in [-0.4, -0.2) is 14.5 Å². The van der Waals surface area contributed by atoms with Crippen molar-refractivity contribution in [1.82, 2.24) is 14.5 Å². The molecule has 0 aliphatic rings. The Bertz CT molecular complexity index is 876. The number of hydrogen-bond donors (Lipinski definition) is 1. The van der Waals surface area contributed by atoms with Crippen LogP contribution in [0.25, 0.3) is 11.0 Å². The van der Waals surface area contributed by atoms with Gasteiger partial charge in [-0.1, -0.05) is 0 Å². The van der Waals surface area contributed by atoms with Gasteiger partial charge in [-0.15, -0.1) is 0 Å². The maximum absolute atomic E-state index is 8.82. The summed E-state index contributed by atoms with van der Waals surface area (Å²) < 4.78 is 7.71. The number of nitrogens with zero attached hydrogens (tertiary/aromatic N) is 4. The Morgan fingerprint density at radius 3 is 2.81 bits per heavy atom. The van der Waals surface area contributed by atoms with Gasteiger partial charge in [0.2, 0.25) is 0 Å². The number of nitriles is 1. The van der Waals surface area contributed by atoms with E-state index in [1.807, 2.05) is 30.7 Å². The molecular weight excluding hydrogens is 266 g/mol. The second-order valence-corrected chi connectivity index (χ2v) is 4.78. The molecule has 0 aliphatic carbocycles. The van der Waals surface area contributed by atoms with Crippen LogP contribution in [0.4, 0.5) is 5.69 Å². The quantitative estimate of drug-likeness (QED) is 0.728. The zero-order valence-electron chi connectivity index (χ0n) is 11.7. The van der Waals surface area contributed by atoms with Crippen molar-refractivity contribution in [3.8, 4) is 17.6 Å². The van der Waals surface area contributed by atoms with Crippen molar-refractivity contribution in [3.63, 3.8) is 0 Å². The van der Waals surface area contributed by atoms with E-state index in [0.717, 1.165) is 16.6 Å². The lowest BCUT2D eigenvalue weighted by molar-refractivity contribution is 0.477. The molecular formula is C15H13N5O. The summed E-state index contributed by atoms with van der Waals surface area (Å²) in [6, 6.07) is 7.28. The van der Waals surface area contributed by atoms with Crippen molar-refractivity contribution in [2.24, 2.45) is 7.05 Å². The molecule has 0 fully saturated rings. The van der Waals surface area contributed by atoms with E-state index in [1.165, 1.54) is 6.20 Å². The molecule has 1 aromatic carbocycles. The normalized spacial score (nSPS) is 10.5. The smallest absolute Gasteiger partial charge is 0.148 e. The summed E-state index contributed by atoms with van der Waals surface area (Å²) in [5.41, 5.74) is 9.39. The van der Waals surface area contributed by atoms with E-state index in [2.05, 4.69) is 9.97 Å². The lowest BCUT2D eigenvalue weighted by Crippen LogP contribution is -1.94. The van der Waals surface area contributed by atoms with E-state index >= 15 is 0 Å². The Balaban J connectivity index is 2.02. The molecule has 0 saturated carbocycles. The topological polar surface area (TPSA) is 89.8 Å². The van der Waals surface area contributed by atoms with Crippen LogP contribution < -0.4 is 10.5 Å². The van der Waals surface area contributed by atoms with Crippen molar-refractivity contribution in [3.05, 3.63) is 42.0 Å². The van der Waals surface area contributed by atoms with E-state index in [9.17, 15) is 0 Å². The highest BCUT2D eigenvalue weighted by atomic mass is 16.5. The number of imidazole rings is 1. The Labute approximate surface area is 121 Å². The third-order valence-electron chi connectivity index (χ3n) is 3.24. The molecule has 0 atom stereocenters. The lowest BCUT2D eigenvalue weighted by Gasteiger charge is -2.09. The molecule has 3 aromatic rings. The average molecular weight is 279 g/mol. The van der Waals surface area contributed by atoms with Crippen molar-refractivity contribution in [2.45, 2.75) is 6.92 Å². The molecule has 2 aromatic heterocycles. The highest BCUT2D eigenvalue weighted by Gasteiger charge is 2.09. The number of ether oxygens (including phenoxy) is 1. The number of anilines is 1. The predicted molar refractivity (Wildman–Crippen MR) is 78.9 cm³/mol. The first kappa shape index (κ1) is 12.9. The number of benzene rings is 1. The summed E-state index contributed by atoms with van der Waals surface area (Å²) in [6.07, 6.45) is 3.25. The molecule has 2 heterocycles. The van der Waals surface area contributed by atoms with Gasteiger partial charge in [0.25, 0.3) is 0 Å². The number of hydrogen-bond acceptors (Lipinski definition) is 5. The molecule has 0 aliphatic heterocycles. The fourth-order valence-corrected chi connectivity index (χ4v) is 2.13. The fourth-order valence-electron chi connectivity index (χ4n) is 2.13. The molecule has 0 bridgehead atoms. The molecule has 0 saturated heterocycles. The van der Waals surface area contributed by atoms with E-state index in [4.69, 9.17) is 15.7 Å². The molecule has 3 rings (SSSR count). The Kier molecular flexibility index (Phi) is 2.95. The maximum Gasteiger partial charge on any atom is 0.148 e. The Morgan fingerprint density at radius 2 is 2.10 bits per heavy atom. The van der Waals surface area contributed by atoms with E-state index in [-0.39, 0.29) is 0 Å². The largest absolute Gasteiger partial charge is 0.455 e. The summed E-state index contributed by atoms with van der Waals surface area (Å²) in [7, 11) is 1.90. The summed E-state index contributed by atoms with van der Waals surface area (Å²) >= 11 is 0. The molecule has 6 nitrogen and oxygen atoms in total. The van der Waals surface area contributed by atoms with Gasteiger partial charge in [0.1, 0.15) is 28.8 Å². The van der Waals surface area contributed by atoms with Crippen molar-refractivity contribution in [1.29, 1.82) is 5.26 Å². The zero-order valence-corrected chi connectivity index (χ0v) is 11.7. The third kappa shape index (κ3) is 2.25. The highest BCUT2D eigenvalue weighted by Crippen LogP contribution is 2.30. The van der Waals surface area contributed by atoms with Crippen LogP contribution >= 0.6 is 0 Å². The van der Waals surface area contributed by atoms with Gasteiger partial charge < -0.3 is 15.0 Å². The minimum absolute atomic E-state index is 0.362. The molecule has 6 heteroatoms. The lowest BCUT2D eigenvalue weighted by atomic mass is 10.2. The van der Waals surface area contributed by atoms with Gasteiger partial charge in [0.15, 0.2) is 0 Å². The van der Waals surface area contributed by atoms with E-state index in [0.29, 0.717) is 22.9 Å². The number of aryl methyl sites for hydroxylation is 2. The first-order valence-electron chi connectivity index (χ1n) is 6.33. The summed E-state index contributed by atoms with van der Waals surface area (Å²) in [4.78, 5) is 8.25. The van der Waals surface area contributed by atoms with Gasteiger partial charge in [0.05, 0.1) is 23.7 Å². The number of rotatable bonds is 2. The fraction of sp³-hybridized carbons (Fsp3) is 0.133. The number of pyridine rings is 1. The van der Waals surface area contributed by atoms with Crippen LogP contribution in [0, 0.1) is 18.3 Å². The van der Waals surface area contributed by atoms with Crippen molar-refractivity contribution in [2.75, 3.05) is 5.73 Å². The minimum Gasteiger partial charge on any atom is -0.455 e. The van der Waals surface area contributed by atoms with Crippen LogP contribution in [0.2, 0.25) is 0 Å². The second-order valence-electron chi connectivity index (χ2n) is 4.78. The summed E-state index contributed by atoms with van der Waals surface area (Å²) in [5, 5.41) is 8.82. The van der Waals surface area contributed by atoms with E-state index in [1.54, 1.807) is 18.5 Å². The van der Waals surface area contributed by atoms with Crippen molar-refractivity contribution < 1.29 is 4.74 Å². The molecule has 0 unspecified atom stereocenters.